The Labute approximate surface area is 172 Å². The first-order valence-corrected chi connectivity index (χ1v) is 10.2. The Kier molecular flexibility index (Phi) is 6.03. The van der Waals surface area contributed by atoms with Crippen molar-refractivity contribution in [2.45, 2.75) is 39.3 Å². The average Bonchev–Trinajstić information content (AvgIpc) is 3.22. The quantitative estimate of drug-likeness (QED) is 0.333. The van der Waals surface area contributed by atoms with Crippen LogP contribution in [0.1, 0.15) is 48.5 Å². The van der Waals surface area contributed by atoms with Crippen molar-refractivity contribution in [2.24, 2.45) is 0 Å². The molecule has 0 unspecified atom stereocenters. The van der Waals surface area contributed by atoms with Crippen molar-refractivity contribution in [1.29, 1.82) is 0 Å². The van der Waals surface area contributed by atoms with Gasteiger partial charge >= 0.3 is 0 Å². The van der Waals surface area contributed by atoms with Crippen molar-refractivity contribution in [3.8, 4) is 5.75 Å². The van der Waals surface area contributed by atoms with Crippen LogP contribution < -0.4 is 26.8 Å². The molecule has 7 nitrogen and oxygen atoms in total. The number of para-hydroxylation sites is 1. The number of anilines is 3. The van der Waals surface area contributed by atoms with Gasteiger partial charge in [0.15, 0.2) is 5.75 Å². The van der Waals surface area contributed by atoms with Crippen molar-refractivity contribution < 1.29 is 9.90 Å². The Morgan fingerprint density at radius 2 is 1.83 bits per heavy atom. The number of carbonyl (C=O) groups is 1. The zero-order valence-electron chi connectivity index (χ0n) is 16.4. The van der Waals surface area contributed by atoms with Gasteiger partial charge in [0.25, 0.3) is 16.8 Å². The number of phenolic OH excluding ortho intramolecular Hbond substituents is 1. The number of benzene rings is 1. The molecule has 2 aromatic carbocycles. The molecule has 0 fully saturated rings. The summed E-state index contributed by atoms with van der Waals surface area (Å²) in [6.45, 7) is 5.62. The zero-order valence-corrected chi connectivity index (χ0v) is 17.2. The van der Waals surface area contributed by atoms with Gasteiger partial charge in [-0.3, -0.25) is 14.4 Å². The molecule has 0 aliphatic heterocycles. The molecule has 3 aromatic rings. The third kappa shape index (κ3) is 4.17. The molecule has 0 bridgehead atoms. The molecule has 1 heterocycles. The largest absolute Gasteiger partial charge is 0.505 e. The highest BCUT2D eigenvalue weighted by Crippen LogP contribution is 2.33. The highest BCUT2D eigenvalue weighted by Gasteiger charge is 2.25. The number of amides is 1. The van der Waals surface area contributed by atoms with Crippen molar-refractivity contribution in [3.63, 3.8) is 0 Å². The third-order valence-corrected chi connectivity index (χ3v) is 5.47. The maximum absolute atomic E-state index is 12.3. The molecule has 8 heteroatoms. The van der Waals surface area contributed by atoms with E-state index in [9.17, 15) is 19.5 Å². The Bertz CT molecular complexity index is 1080. The molecule has 0 aliphatic carbocycles. The van der Waals surface area contributed by atoms with Crippen LogP contribution in [-0.2, 0) is 0 Å². The number of carbonyl (C=O) groups excluding carboxylic acids is 1. The van der Waals surface area contributed by atoms with Crippen LogP contribution in [0, 0.1) is 0 Å². The zero-order chi connectivity index (χ0) is 21.1. The lowest BCUT2D eigenvalue weighted by molar-refractivity contribution is 0.0940. The van der Waals surface area contributed by atoms with Gasteiger partial charge in [-0.05, 0) is 43.8 Å². The van der Waals surface area contributed by atoms with Gasteiger partial charge in [0.05, 0.1) is 17.3 Å². The summed E-state index contributed by atoms with van der Waals surface area (Å²) < 4.78 is 0. The van der Waals surface area contributed by atoms with Crippen LogP contribution in [0.2, 0.25) is 0 Å². The maximum atomic E-state index is 12.3. The summed E-state index contributed by atoms with van der Waals surface area (Å²) in [6, 6.07) is 8.32. The minimum absolute atomic E-state index is 0.0849. The van der Waals surface area contributed by atoms with Gasteiger partial charge < -0.3 is 21.1 Å². The maximum Gasteiger partial charge on any atom is 0.255 e. The Balaban J connectivity index is 1.87. The predicted molar refractivity (Wildman–Crippen MR) is 116 cm³/mol. The van der Waals surface area contributed by atoms with Gasteiger partial charge in [-0.2, -0.15) is 0 Å². The minimum Gasteiger partial charge on any atom is -0.505 e. The van der Waals surface area contributed by atoms with Crippen LogP contribution in [-0.4, -0.2) is 17.1 Å². The molecule has 0 radical (unpaired) electrons. The monoisotopic (exact) mass is 413 g/mol. The van der Waals surface area contributed by atoms with Crippen LogP contribution in [0.15, 0.2) is 45.3 Å². The van der Waals surface area contributed by atoms with E-state index in [-0.39, 0.29) is 40.5 Å². The minimum atomic E-state index is -0.662. The van der Waals surface area contributed by atoms with E-state index in [1.54, 1.807) is 23.5 Å². The first-order chi connectivity index (χ1) is 13.8. The van der Waals surface area contributed by atoms with Crippen LogP contribution >= 0.6 is 11.3 Å². The van der Waals surface area contributed by atoms with E-state index in [1.165, 1.54) is 6.07 Å². The van der Waals surface area contributed by atoms with Crippen molar-refractivity contribution >= 4 is 34.3 Å². The molecule has 1 amide bonds. The molecule has 152 valence electrons. The van der Waals surface area contributed by atoms with E-state index in [1.807, 2.05) is 38.3 Å². The summed E-state index contributed by atoms with van der Waals surface area (Å²) in [6.07, 6.45) is 0.731. The number of hydrogen-bond donors (Lipinski definition) is 4. The van der Waals surface area contributed by atoms with Crippen LogP contribution in [0.3, 0.4) is 0 Å². The van der Waals surface area contributed by atoms with E-state index in [4.69, 9.17) is 0 Å². The fourth-order valence-corrected chi connectivity index (χ4v) is 3.85. The van der Waals surface area contributed by atoms with Crippen molar-refractivity contribution in [3.05, 3.63) is 66.6 Å². The SMILES string of the molecule is CC[C@@H](Nc1c(Nc2cccc(C(=O)NC(C)C)c2O)c(=O)c1=O)c1cccs1. The standard InChI is InChI=1S/C21H23N3O4S/c1-4-13(15-9-6-10-29-15)23-16-17(20(27)19(16)26)24-14-8-5-7-12(18(14)25)21(28)22-11(2)3/h5-11,13,23-25H,4H2,1-3H3,(H,22,28)/t13-/m1/s1. The lowest BCUT2D eigenvalue weighted by Crippen LogP contribution is -2.37. The predicted octanol–water partition coefficient (Wildman–Crippen LogP) is 3.49. The highest BCUT2D eigenvalue weighted by molar-refractivity contribution is 7.10. The number of thiophene rings is 1. The van der Waals surface area contributed by atoms with E-state index in [2.05, 4.69) is 16.0 Å². The molecular formula is C21H23N3O4S. The summed E-state index contributed by atoms with van der Waals surface area (Å²) in [5.74, 6) is -0.705. The van der Waals surface area contributed by atoms with Gasteiger partial charge in [0.2, 0.25) is 0 Å². The summed E-state index contributed by atoms with van der Waals surface area (Å²) in [5, 5.41) is 21.1. The van der Waals surface area contributed by atoms with Gasteiger partial charge in [0, 0.05) is 10.9 Å². The molecule has 0 spiro atoms. The Morgan fingerprint density at radius 3 is 2.45 bits per heavy atom. The topological polar surface area (TPSA) is 108 Å². The number of rotatable bonds is 8. The first kappa shape index (κ1) is 20.6. The third-order valence-electron chi connectivity index (χ3n) is 4.48. The van der Waals surface area contributed by atoms with E-state index < -0.39 is 16.8 Å². The smallest absolute Gasteiger partial charge is 0.255 e. The Morgan fingerprint density at radius 1 is 1.10 bits per heavy atom. The van der Waals surface area contributed by atoms with Gasteiger partial charge in [-0.15, -0.1) is 11.3 Å². The summed E-state index contributed by atoms with van der Waals surface area (Å²) >= 11 is 1.57. The fraction of sp³-hybridized carbons (Fsp3) is 0.286. The summed E-state index contributed by atoms with van der Waals surface area (Å²) in [4.78, 5) is 37.6. The molecule has 1 aromatic heterocycles. The van der Waals surface area contributed by atoms with Gasteiger partial charge in [-0.25, -0.2) is 0 Å². The number of phenols is 1. The molecule has 0 saturated carbocycles. The van der Waals surface area contributed by atoms with Crippen LogP contribution in [0.25, 0.3) is 0 Å². The summed E-state index contributed by atoms with van der Waals surface area (Å²) in [5.41, 5.74) is -0.725. The summed E-state index contributed by atoms with van der Waals surface area (Å²) in [7, 11) is 0. The molecule has 0 saturated heterocycles. The van der Waals surface area contributed by atoms with Crippen LogP contribution in [0.4, 0.5) is 17.1 Å². The van der Waals surface area contributed by atoms with Gasteiger partial charge in [-0.1, -0.05) is 19.1 Å². The Hall–Kier alpha value is -3.13. The second-order valence-corrected chi connectivity index (χ2v) is 7.96. The van der Waals surface area contributed by atoms with Crippen LogP contribution in [0.5, 0.6) is 5.75 Å². The molecule has 4 N–H and O–H groups in total. The second kappa shape index (κ2) is 8.48. The van der Waals surface area contributed by atoms with E-state index >= 15 is 0 Å². The fourth-order valence-electron chi connectivity index (χ4n) is 2.99. The number of nitrogens with one attached hydrogen (secondary N) is 3. The van der Waals surface area contributed by atoms with E-state index in [0.29, 0.717) is 0 Å². The molecule has 0 aliphatic rings. The molecule has 1 atom stereocenters. The van der Waals surface area contributed by atoms with Gasteiger partial charge in [0.1, 0.15) is 11.4 Å². The molecule has 3 rings (SSSR count). The molecular weight excluding hydrogens is 390 g/mol. The number of aromatic hydroxyl groups is 1. The first-order valence-electron chi connectivity index (χ1n) is 9.36. The second-order valence-electron chi connectivity index (χ2n) is 6.98. The highest BCUT2D eigenvalue weighted by atomic mass is 32.1. The average molecular weight is 413 g/mol. The van der Waals surface area contributed by atoms with Crippen molar-refractivity contribution in [1.82, 2.24) is 5.32 Å². The number of hydrogen-bond acceptors (Lipinski definition) is 7. The lowest BCUT2D eigenvalue weighted by atomic mass is 10.1. The lowest BCUT2D eigenvalue weighted by Gasteiger charge is -2.21. The van der Waals surface area contributed by atoms with E-state index in [0.717, 1.165) is 11.3 Å². The van der Waals surface area contributed by atoms with Crippen molar-refractivity contribution in [2.75, 3.05) is 10.6 Å². The molecule has 29 heavy (non-hydrogen) atoms. The normalized spacial score (nSPS) is 12.1.